The zero-order valence-electron chi connectivity index (χ0n) is 13.4. The van der Waals surface area contributed by atoms with Gasteiger partial charge < -0.3 is 15.2 Å². The Morgan fingerprint density at radius 1 is 1.35 bits per heavy atom. The van der Waals surface area contributed by atoms with Crippen molar-refractivity contribution in [1.29, 1.82) is 0 Å². The van der Waals surface area contributed by atoms with Crippen LogP contribution in [0.2, 0.25) is 0 Å². The Bertz CT molecular complexity index is 646. The van der Waals surface area contributed by atoms with Crippen molar-refractivity contribution >= 4 is 35.4 Å². The number of hydrogen-bond donors (Lipinski definition) is 2. The molecular formula is C16H23N3O2S2. The van der Waals surface area contributed by atoms with E-state index in [9.17, 15) is 9.59 Å². The molecule has 0 spiro atoms. The number of nitrogens with one attached hydrogen (secondary N) is 2. The summed E-state index contributed by atoms with van der Waals surface area (Å²) in [5.41, 5.74) is 0.972. The smallest absolute Gasteiger partial charge is 0.225 e. The summed E-state index contributed by atoms with van der Waals surface area (Å²) in [7, 11) is 0. The first-order valence-electron chi connectivity index (χ1n) is 8.29. The molecule has 2 amide bonds. The lowest BCUT2D eigenvalue weighted by atomic mass is 10.1. The number of aromatic nitrogens is 1. The quantitative estimate of drug-likeness (QED) is 0.818. The molecule has 23 heavy (non-hydrogen) atoms. The minimum Gasteiger partial charge on any atom is -0.351 e. The number of rotatable bonds is 4. The van der Waals surface area contributed by atoms with Gasteiger partial charge in [0.25, 0.3) is 0 Å². The predicted octanol–water partition coefficient (Wildman–Crippen LogP) is 2.56. The summed E-state index contributed by atoms with van der Waals surface area (Å²) in [6, 6.07) is 0.0834. The van der Waals surface area contributed by atoms with Gasteiger partial charge in [0.2, 0.25) is 11.8 Å². The molecule has 1 aromatic rings. The molecule has 126 valence electrons. The Balaban J connectivity index is 1.49. The topological polar surface area (TPSA) is 65.2 Å². The average Bonchev–Trinajstić information content (AvgIpc) is 3.21. The molecule has 2 N–H and O–H groups in total. The lowest BCUT2D eigenvalue weighted by Gasteiger charge is -2.20. The summed E-state index contributed by atoms with van der Waals surface area (Å²) in [4.78, 5) is 30.6. The van der Waals surface area contributed by atoms with Gasteiger partial charge in [0.1, 0.15) is 0 Å². The van der Waals surface area contributed by atoms with Gasteiger partial charge in [-0.25, -0.2) is 0 Å². The Morgan fingerprint density at radius 3 is 2.74 bits per heavy atom. The average molecular weight is 354 g/mol. The molecule has 1 saturated carbocycles. The molecule has 2 fully saturated rings. The van der Waals surface area contributed by atoms with E-state index in [1.54, 1.807) is 0 Å². The molecule has 2 heterocycles. The molecule has 3 rings (SSSR count). The fraction of sp³-hybridized carbons (Fsp3) is 0.688. The van der Waals surface area contributed by atoms with E-state index in [4.69, 9.17) is 12.2 Å². The van der Waals surface area contributed by atoms with Crippen LogP contribution in [0.15, 0.2) is 0 Å². The van der Waals surface area contributed by atoms with E-state index in [-0.39, 0.29) is 17.9 Å². The summed E-state index contributed by atoms with van der Waals surface area (Å²) >= 11 is 6.56. The van der Waals surface area contributed by atoms with Crippen LogP contribution in [0.5, 0.6) is 0 Å². The van der Waals surface area contributed by atoms with Crippen molar-refractivity contribution in [3.8, 4) is 0 Å². The summed E-state index contributed by atoms with van der Waals surface area (Å²) in [5, 5.41) is 3.07. The Hall–Kier alpha value is -1.21. The van der Waals surface area contributed by atoms with Crippen LogP contribution in [-0.4, -0.2) is 40.8 Å². The first-order chi connectivity index (χ1) is 11.0. The van der Waals surface area contributed by atoms with Crippen molar-refractivity contribution in [1.82, 2.24) is 15.2 Å². The van der Waals surface area contributed by atoms with E-state index in [0.717, 1.165) is 36.4 Å². The summed E-state index contributed by atoms with van der Waals surface area (Å²) in [5.74, 6) is 0.524. The Morgan fingerprint density at radius 2 is 2.09 bits per heavy atom. The molecule has 1 atom stereocenters. The number of aryl methyl sites for hydroxylation is 1. The molecule has 1 aromatic heterocycles. The highest BCUT2D eigenvalue weighted by molar-refractivity contribution is 7.73. The first-order valence-corrected chi connectivity index (χ1v) is 9.52. The van der Waals surface area contributed by atoms with Crippen LogP contribution >= 0.6 is 23.6 Å². The van der Waals surface area contributed by atoms with Crippen molar-refractivity contribution in [2.75, 3.05) is 13.1 Å². The minimum atomic E-state index is 0.0125. The third-order valence-corrected chi connectivity index (χ3v) is 6.15. The maximum atomic E-state index is 12.4. The van der Waals surface area contributed by atoms with Crippen LogP contribution in [0.3, 0.4) is 0 Å². The lowest BCUT2D eigenvalue weighted by Crippen LogP contribution is -2.40. The van der Waals surface area contributed by atoms with Crippen LogP contribution in [0.4, 0.5) is 0 Å². The fourth-order valence-corrected chi connectivity index (χ4v) is 4.83. The molecule has 2 aliphatic rings. The third kappa shape index (κ3) is 4.01. The van der Waals surface area contributed by atoms with Crippen LogP contribution in [0, 0.1) is 16.8 Å². The van der Waals surface area contributed by atoms with E-state index < -0.39 is 0 Å². The maximum absolute atomic E-state index is 12.4. The van der Waals surface area contributed by atoms with E-state index in [1.807, 2.05) is 11.8 Å². The number of thiazole rings is 1. The molecule has 0 bridgehead atoms. The van der Waals surface area contributed by atoms with Crippen LogP contribution in [0.25, 0.3) is 0 Å². The lowest BCUT2D eigenvalue weighted by molar-refractivity contribution is -0.134. The number of aromatic amines is 1. The van der Waals surface area contributed by atoms with Gasteiger partial charge in [-0.05, 0) is 38.4 Å². The molecule has 0 unspecified atom stereocenters. The standard InChI is InChI=1S/C16H23N3O2S2/c1-10-13(23-16(22)17-10)8-14(20)18-12-6-7-19(9-12)15(21)11-4-2-3-5-11/h11-12H,2-9H2,1H3,(H,17,22)(H,18,20)/t12-/m0/s1. The van der Waals surface area contributed by atoms with Crippen molar-refractivity contribution < 1.29 is 9.59 Å². The van der Waals surface area contributed by atoms with Gasteiger partial charge in [0.05, 0.1) is 6.42 Å². The molecule has 0 radical (unpaired) electrons. The van der Waals surface area contributed by atoms with Gasteiger partial charge in [0.15, 0.2) is 3.95 Å². The van der Waals surface area contributed by atoms with E-state index >= 15 is 0 Å². The van der Waals surface area contributed by atoms with E-state index in [2.05, 4.69) is 10.3 Å². The fourth-order valence-electron chi connectivity index (χ4n) is 3.54. The highest BCUT2D eigenvalue weighted by Crippen LogP contribution is 2.27. The Labute approximate surface area is 145 Å². The van der Waals surface area contributed by atoms with Gasteiger partial charge in [-0.2, -0.15) is 0 Å². The number of carbonyl (C=O) groups is 2. The zero-order valence-corrected chi connectivity index (χ0v) is 15.0. The second-order valence-electron chi connectivity index (χ2n) is 6.56. The first kappa shape index (κ1) is 16.6. The number of H-pyrrole nitrogens is 1. The molecule has 1 saturated heterocycles. The van der Waals surface area contributed by atoms with Gasteiger partial charge in [0, 0.05) is 35.6 Å². The highest BCUT2D eigenvalue weighted by Gasteiger charge is 2.32. The zero-order chi connectivity index (χ0) is 16.4. The molecular weight excluding hydrogens is 330 g/mol. The molecule has 1 aliphatic carbocycles. The van der Waals surface area contributed by atoms with Crippen molar-refractivity contribution in [3.05, 3.63) is 14.5 Å². The van der Waals surface area contributed by atoms with Crippen molar-refractivity contribution in [2.45, 2.75) is 51.5 Å². The van der Waals surface area contributed by atoms with Crippen LogP contribution in [0.1, 0.15) is 42.7 Å². The van der Waals surface area contributed by atoms with Crippen LogP contribution < -0.4 is 5.32 Å². The normalized spacial score (nSPS) is 21.8. The highest BCUT2D eigenvalue weighted by atomic mass is 32.1. The van der Waals surface area contributed by atoms with E-state index in [0.29, 0.717) is 22.8 Å². The van der Waals surface area contributed by atoms with Crippen molar-refractivity contribution in [3.63, 3.8) is 0 Å². The number of carbonyl (C=O) groups excluding carboxylic acids is 2. The van der Waals surface area contributed by atoms with Crippen LogP contribution in [-0.2, 0) is 16.0 Å². The summed E-state index contributed by atoms with van der Waals surface area (Å²) in [6.07, 6.45) is 5.62. The molecule has 0 aromatic carbocycles. The maximum Gasteiger partial charge on any atom is 0.225 e. The number of nitrogens with zero attached hydrogens (tertiary/aromatic N) is 1. The van der Waals surface area contributed by atoms with Gasteiger partial charge >= 0.3 is 0 Å². The second-order valence-corrected chi connectivity index (χ2v) is 8.33. The number of amides is 2. The third-order valence-electron chi connectivity index (χ3n) is 4.81. The summed E-state index contributed by atoms with van der Waals surface area (Å²) in [6.45, 7) is 3.36. The largest absolute Gasteiger partial charge is 0.351 e. The van der Waals surface area contributed by atoms with Gasteiger partial charge in [-0.1, -0.05) is 12.8 Å². The monoisotopic (exact) mass is 353 g/mol. The van der Waals surface area contributed by atoms with Crippen molar-refractivity contribution in [2.24, 2.45) is 5.92 Å². The molecule has 1 aliphatic heterocycles. The minimum absolute atomic E-state index is 0.0125. The number of likely N-dealkylation sites (tertiary alicyclic amines) is 1. The number of hydrogen-bond acceptors (Lipinski definition) is 4. The Kier molecular flexibility index (Phi) is 5.16. The second kappa shape index (κ2) is 7.13. The van der Waals surface area contributed by atoms with Gasteiger partial charge in [-0.15, -0.1) is 11.3 Å². The SMILES string of the molecule is Cc1[nH]c(=S)sc1CC(=O)N[C@H]1CCN(C(=O)C2CCCC2)C1. The summed E-state index contributed by atoms with van der Waals surface area (Å²) < 4.78 is 0.708. The van der Waals surface area contributed by atoms with Gasteiger partial charge in [-0.3, -0.25) is 9.59 Å². The molecule has 5 nitrogen and oxygen atoms in total. The molecule has 7 heteroatoms. The van der Waals surface area contributed by atoms with E-state index in [1.165, 1.54) is 24.2 Å². The predicted molar refractivity (Wildman–Crippen MR) is 93.0 cm³/mol.